The molecule has 3 nitrogen and oxygen atoms in total. The minimum atomic E-state index is -0.634. The lowest BCUT2D eigenvalue weighted by molar-refractivity contribution is -0.148. The molecule has 1 unspecified atom stereocenters. The topological polar surface area (TPSA) is 38.3 Å². The average molecular weight is 261 g/mol. The van der Waals surface area contributed by atoms with Crippen LogP contribution in [0.1, 0.15) is 38.2 Å². The van der Waals surface area contributed by atoms with E-state index in [-0.39, 0.29) is 5.97 Å². The van der Waals surface area contributed by atoms with Crippen LogP contribution < -0.4 is 5.32 Å². The van der Waals surface area contributed by atoms with Crippen LogP contribution in [0.25, 0.3) is 0 Å². The minimum absolute atomic E-state index is 0.178. The highest BCUT2D eigenvalue weighted by Crippen LogP contribution is 2.23. The van der Waals surface area contributed by atoms with Crippen molar-refractivity contribution in [1.82, 2.24) is 5.32 Å². The first-order valence-corrected chi connectivity index (χ1v) is 7.04. The van der Waals surface area contributed by atoms with Crippen LogP contribution in [0.2, 0.25) is 0 Å². The predicted molar refractivity (Wildman–Crippen MR) is 76.0 cm³/mol. The molecule has 0 saturated heterocycles. The van der Waals surface area contributed by atoms with E-state index in [0.29, 0.717) is 12.5 Å². The zero-order valence-corrected chi connectivity index (χ0v) is 11.8. The molecule has 1 aromatic carbocycles. The summed E-state index contributed by atoms with van der Waals surface area (Å²) in [5, 5.41) is 3.52. The van der Waals surface area contributed by atoms with Gasteiger partial charge < -0.3 is 4.74 Å². The molecule has 1 atom stereocenters. The molecule has 1 aliphatic carbocycles. The molecule has 104 valence electrons. The van der Waals surface area contributed by atoms with Crippen molar-refractivity contribution in [3.63, 3.8) is 0 Å². The molecule has 0 radical (unpaired) electrons. The van der Waals surface area contributed by atoms with Crippen LogP contribution in [-0.4, -0.2) is 24.7 Å². The number of methoxy groups -OCH3 is 1. The number of benzene rings is 1. The molecule has 3 heteroatoms. The molecule has 1 N–H and O–H groups in total. The average Bonchev–Trinajstić information content (AvgIpc) is 2.91. The van der Waals surface area contributed by atoms with Gasteiger partial charge in [-0.05, 0) is 25.3 Å². The fourth-order valence-corrected chi connectivity index (χ4v) is 2.93. The third kappa shape index (κ3) is 3.57. The molecule has 0 aliphatic heterocycles. The van der Waals surface area contributed by atoms with Gasteiger partial charge in [0.1, 0.15) is 5.54 Å². The maximum absolute atomic E-state index is 12.1. The summed E-state index contributed by atoms with van der Waals surface area (Å²) in [6, 6.07) is 10.5. The Balaban J connectivity index is 2.11. The predicted octanol–water partition coefficient (Wildman–Crippen LogP) is 2.69. The molecule has 1 aromatic rings. The van der Waals surface area contributed by atoms with E-state index in [1.165, 1.54) is 20.0 Å². The minimum Gasteiger partial charge on any atom is -0.468 e. The molecular weight excluding hydrogens is 238 g/mol. The second kappa shape index (κ2) is 6.20. The molecule has 0 aromatic heterocycles. The molecule has 0 heterocycles. The van der Waals surface area contributed by atoms with Crippen LogP contribution >= 0.6 is 0 Å². The Hall–Kier alpha value is -1.35. The summed E-state index contributed by atoms with van der Waals surface area (Å²) in [4.78, 5) is 12.1. The standard InChI is InChI=1S/C16H23NO2/c1-16(15(18)19-2,17-14-10-6-7-11-14)12-13-8-4-3-5-9-13/h3-5,8-9,14,17H,6-7,10-12H2,1-2H3. The first kappa shape index (κ1) is 14.1. The summed E-state index contributed by atoms with van der Waals surface area (Å²) < 4.78 is 5.00. The number of rotatable bonds is 5. The van der Waals surface area contributed by atoms with Crippen molar-refractivity contribution >= 4 is 5.97 Å². The van der Waals surface area contributed by atoms with Gasteiger partial charge in [0.15, 0.2) is 0 Å². The summed E-state index contributed by atoms with van der Waals surface area (Å²) >= 11 is 0. The highest BCUT2D eigenvalue weighted by Gasteiger charge is 2.37. The van der Waals surface area contributed by atoms with E-state index in [2.05, 4.69) is 17.4 Å². The van der Waals surface area contributed by atoms with Crippen molar-refractivity contribution in [2.75, 3.05) is 7.11 Å². The number of hydrogen-bond acceptors (Lipinski definition) is 3. The molecule has 0 spiro atoms. The van der Waals surface area contributed by atoms with Crippen molar-refractivity contribution in [2.24, 2.45) is 0 Å². The van der Waals surface area contributed by atoms with E-state index in [1.54, 1.807) is 0 Å². The Labute approximate surface area is 115 Å². The number of esters is 1. The molecule has 0 bridgehead atoms. The lowest BCUT2D eigenvalue weighted by Gasteiger charge is -2.31. The van der Waals surface area contributed by atoms with Crippen LogP contribution in [0.3, 0.4) is 0 Å². The SMILES string of the molecule is COC(=O)C(C)(Cc1ccccc1)NC1CCCC1. The molecule has 1 saturated carbocycles. The number of hydrogen-bond donors (Lipinski definition) is 1. The van der Waals surface area contributed by atoms with Gasteiger partial charge in [-0.2, -0.15) is 0 Å². The summed E-state index contributed by atoms with van der Waals surface area (Å²) in [6.07, 6.45) is 5.47. The van der Waals surface area contributed by atoms with Crippen LogP contribution in [0.4, 0.5) is 0 Å². The summed E-state index contributed by atoms with van der Waals surface area (Å²) in [7, 11) is 1.46. The van der Waals surface area contributed by atoms with Crippen molar-refractivity contribution in [1.29, 1.82) is 0 Å². The lowest BCUT2D eigenvalue weighted by atomic mass is 9.91. The second-order valence-electron chi connectivity index (χ2n) is 5.61. The Morgan fingerprint density at radius 2 is 1.95 bits per heavy atom. The Morgan fingerprint density at radius 1 is 1.32 bits per heavy atom. The highest BCUT2D eigenvalue weighted by molar-refractivity contribution is 5.80. The zero-order chi connectivity index (χ0) is 13.7. The smallest absolute Gasteiger partial charge is 0.326 e. The number of carbonyl (C=O) groups excluding carboxylic acids is 1. The Bertz CT molecular complexity index is 412. The fourth-order valence-electron chi connectivity index (χ4n) is 2.93. The van der Waals surface area contributed by atoms with Gasteiger partial charge in [-0.25, -0.2) is 0 Å². The summed E-state index contributed by atoms with van der Waals surface area (Å²) in [5.41, 5.74) is 0.520. The van der Waals surface area contributed by atoms with Crippen molar-refractivity contribution in [3.05, 3.63) is 35.9 Å². The van der Waals surface area contributed by atoms with Gasteiger partial charge in [-0.15, -0.1) is 0 Å². The van der Waals surface area contributed by atoms with Gasteiger partial charge in [0.05, 0.1) is 7.11 Å². The summed E-state index contributed by atoms with van der Waals surface area (Å²) in [6.45, 7) is 1.95. The molecule has 2 rings (SSSR count). The van der Waals surface area contributed by atoms with Gasteiger partial charge in [0, 0.05) is 12.5 Å². The number of carbonyl (C=O) groups is 1. The zero-order valence-electron chi connectivity index (χ0n) is 11.8. The van der Waals surface area contributed by atoms with E-state index in [9.17, 15) is 4.79 Å². The van der Waals surface area contributed by atoms with E-state index in [0.717, 1.165) is 18.4 Å². The van der Waals surface area contributed by atoms with Gasteiger partial charge >= 0.3 is 5.97 Å². The maximum atomic E-state index is 12.1. The van der Waals surface area contributed by atoms with E-state index in [4.69, 9.17) is 4.74 Å². The molecule has 19 heavy (non-hydrogen) atoms. The van der Waals surface area contributed by atoms with E-state index < -0.39 is 5.54 Å². The summed E-state index contributed by atoms with van der Waals surface area (Å²) in [5.74, 6) is -0.178. The van der Waals surface area contributed by atoms with Crippen molar-refractivity contribution in [2.45, 2.75) is 50.6 Å². The third-order valence-electron chi connectivity index (χ3n) is 3.91. The van der Waals surface area contributed by atoms with E-state index in [1.807, 2.05) is 25.1 Å². The van der Waals surface area contributed by atoms with Crippen LogP contribution in [0.5, 0.6) is 0 Å². The molecule has 1 fully saturated rings. The monoisotopic (exact) mass is 261 g/mol. The van der Waals surface area contributed by atoms with Gasteiger partial charge in [-0.1, -0.05) is 43.2 Å². The van der Waals surface area contributed by atoms with Crippen molar-refractivity contribution < 1.29 is 9.53 Å². The van der Waals surface area contributed by atoms with Crippen LogP contribution in [0.15, 0.2) is 30.3 Å². The van der Waals surface area contributed by atoms with Crippen LogP contribution in [-0.2, 0) is 16.0 Å². The third-order valence-corrected chi connectivity index (χ3v) is 3.91. The van der Waals surface area contributed by atoms with Gasteiger partial charge in [0.2, 0.25) is 0 Å². The first-order chi connectivity index (χ1) is 9.14. The second-order valence-corrected chi connectivity index (χ2v) is 5.61. The van der Waals surface area contributed by atoms with Gasteiger partial charge in [-0.3, -0.25) is 10.1 Å². The Kier molecular flexibility index (Phi) is 4.59. The first-order valence-electron chi connectivity index (χ1n) is 7.04. The Morgan fingerprint density at radius 3 is 2.53 bits per heavy atom. The molecule has 1 aliphatic rings. The van der Waals surface area contributed by atoms with Crippen LogP contribution in [0, 0.1) is 0 Å². The fraction of sp³-hybridized carbons (Fsp3) is 0.562. The normalized spacial score (nSPS) is 19.1. The van der Waals surface area contributed by atoms with Crippen molar-refractivity contribution in [3.8, 4) is 0 Å². The largest absolute Gasteiger partial charge is 0.468 e. The van der Waals surface area contributed by atoms with Gasteiger partial charge in [0.25, 0.3) is 0 Å². The molecule has 0 amide bonds. The quantitative estimate of drug-likeness (QED) is 0.828. The maximum Gasteiger partial charge on any atom is 0.326 e. The number of ether oxygens (including phenoxy) is 1. The van der Waals surface area contributed by atoms with E-state index >= 15 is 0 Å². The lowest BCUT2D eigenvalue weighted by Crippen LogP contribution is -2.55. The number of nitrogens with one attached hydrogen (secondary N) is 1. The molecular formula is C16H23NO2. The highest BCUT2D eigenvalue weighted by atomic mass is 16.5.